The Balaban J connectivity index is 1.42. The summed E-state index contributed by atoms with van der Waals surface area (Å²) >= 11 is 1.63. The van der Waals surface area contributed by atoms with Crippen molar-refractivity contribution in [3.63, 3.8) is 0 Å². The molecule has 2 aliphatic rings. The molecule has 2 atom stereocenters. The minimum absolute atomic E-state index is 0.211. The predicted octanol–water partition coefficient (Wildman–Crippen LogP) is 3.97. The smallest absolute Gasteiger partial charge is 0.229 e. The molecule has 0 aliphatic carbocycles. The largest absolute Gasteiger partial charge is 0.379 e. The highest BCUT2D eigenvalue weighted by molar-refractivity contribution is 7.13. The Morgan fingerprint density at radius 3 is 2.72 bits per heavy atom. The Morgan fingerprint density at radius 1 is 1.21 bits per heavy atom. The molecule has 2 unspecified atom stereocenters. The lowest BCUT2D eigenvalue weighted by Gasteiger charge is -2.39. The summed E-state index contributed by atoms with van der Waals surface area (Å²) in [5, 5.41) is 3.04. The van der Waals surface area contributed by atoms with Gasteiger partial charge in [0.25, 0.3) is 0 Å². The summed E-state index contributed by atoms with van der Waals surface area (Å²) in [5.74, 6) is 0.211. The van der Waals surface area contributed by atoms with E-state index in [2.05, 4.69) is 47.9 Å². The number of piperidine rings is 1. The monoisotopic (exact) mass is 413 g/mol. The first-order valence-electron chi connectivity index (χ1n) is 10.7. The van der Waals surface area contributed by atoms with Gasteiger partial charge in [-0.2, -0.15) is 0 Å². The van der Waals surface area contributed by atoms with E-state index in [1.54, 1.807) is 11.3 Å². The third kappa shape index (κ3) is 5.05. The molecule has 5 nitrogen and oxygen atoms in total. The number of morpholine rings is 1. The number of ether oxygens (including phenoxy) is 1. The summed E-state index contributed by atoms with van der Waals surface area (Å²) in [6.45, 7) is 8.89. The third-order valence-corrected chi connectivity index (χ3v) is 6.99. The van der Waals surface area contributed by atoms with Crippen molar-refractivity contribution >= 4 is 17.2 Å². The minimum Gasteiger partial charge on any atom is -0.379 e. The van der Waals surface area contributed by atoms with Crippen LogP contribution in [-0.2, 0) is 22.5 Å². The maximum Gasteiger partial charge on any atom is 0.229 e. The first-order valence-corrected chi connectivity index (χ1v) is 11.6. The molecule has 1 aromatic heterocycles. The second-order valence-corrected chi connectivity index (χ2v) is 9.20. The fourth-order valence-electron chi connectivity index (χ4n) is 4.50. The quantitative estimate of drug-likeness (QED) is 0.744. The van der Waals surface area contributed by atoms with E-state index in [0.717, 1.165) is 62.0 Å². The normalized spacial score (nSPS) is 23.3. The maximum absolute atomic E-state index is 12.9. The molecule has 0 bridgehead atoms. The number of carbonyl (C=O) groups is 1. The number of thiazole rings is 1. The highest BCUT2D eigenvalue weighted by atomic mass is 32.1. The first kappa shape index (κ1) is 20.5. The summed E-state index contributed by atoms with van der Waals surface area (Å²) in [6.07, 6.45) is 3.83. The fraction of sp³-hybridized carbons (Fsp3) is 0.565. The van der Waals surface area contributed by atoms with E-state index in [9.17, 15) is 4.79 Å². The van der Waals surface area contributed by atoms with Crippen molar-refractivity contribution in [2.45, 2.75) is 58.2 Å². The Morgan fingerprint density at radius 2 is 1.97 bits per heavy atom. The van der Waals surface area contributed by atoms with Crippen LogP contribution in [0.15, 0.2) is 29.6 Å². The van der Waals surface area contributed by atoms with E-state index in [0.29, 0.717) is 18.5 Å². The van der Waals surface area contributed by atoms with Crippen LogP contribution in [-0.4, -0.2) is 59.1 Å². The first-order chi connectivity index (χ1) is 14.1. The average molecular weight is 414 g/mol. The van der Waals surface area contributed by atoms with E-state index in [4.69, 9.17) is 9.72 Å². The van der Waals surface area contributed by atoms with E-state index in [1.165, 1.54) is 12.0 Å². The molecule has 2 aliphatic heterocycles. The van der Waals surface area contributed by atoms with Gasteiger partial charge < -0.3 is 9.64 Å². The molecule has 0 saturated carbocycles. The second kappa shape index (κ2) is 9.37. The molecule has 4 rings (SSSR count). The number of nitrogens with zero attached hydrogens (tertiary/aromatic N) is 3. The van der Waals surface area contributed by atoms with Crippen molar-refractivity contribution in [3.8, 4) is 10.6 Å². The second-order valence-electron chi connectivity index (χ2n) is 8.34. The van der Waals surface area contributed by atoms with Crippen LogP contribution >= 0.6 is 11.3 Å². The Labute approximate surface area is 177 Å². The lowest BCUT2D eigenvalue weighted by atomic mass is 9.97. The number of benzene rings is 1. The Bertz CT molecular complexity index is 821. The molecule has 0 spiro atoms. The molecule has 6 heteroatoms. The number of aromatic nitrogens is 1. The number of carbonyl (C=O) groups excluding carboxylic acids is 1. The van der Waals surface area contributed by atoms with Gasteiger partial charge in [0.05, 0.1) is 25.3 Å². The van der Waals surface area contributed by atoms with Gasteiger partial charge in [-0.1, -0.05) is 18.2 Å². The lowest BCUT2D eigenvalue weighted by molar-refractivity contribution is -0.136. The molecule has 2 fully saturated rings. The van der Waals surface area contributed by atoms with Gasteiger partial charge in [-0.15, -0.1) is 11.3 Å². The molecule has 3 heterocycles. The molecule has 2 aromatic rings. The molecule has 156 valence electrons. The number of hydrogen-bond donors (Lipinski definition) is 0. The van der Waals surface area contributed by atoms with Crippen LogP contribution in [0.1, 0.15) is 44.4 Å². The van der Waals surface area contributed by atoms with Gasteiger partial charge in [0, 0.05) is 42.7 Å². The number of hydrogen-bond acceptors (Lipinski definition) is 5. The summed E-state index contributed by atoms with van der Waals surface area (Å²) in [6, 6.07) is 9.30. The molecular weight excluding hydrogens is 382 g/mol. The summed E-state index contributed by atoms with van der Waals surface area (Å²) in [7, 11) is 0. The zero-order chi connectivity index (χ0) is 20.2. The van der Waals surface area contributed by atoms with Crippen LogP contribution in [0.3, 0.4) is 0 Å². The third-order valence-electron chi connectivity index (χ3n) is 6.05. The minimum atomic E-state index is 0.211. The van der Waals surface area contributed by atoms with Gasteiger partial charge in [0.2, 0.25) is 5.91 Å². The number of rotatable bonds is 5. The molecule has 0 N–H and O–H groups in total. The zero-order valence-electron chi connectivity index (χ0n) is 17.5. The van der Waals surface area contributed by atoms with Crippen LogP contribution in [0.5, 0.6) is 0 Å². The van der Waals surface area contributed by atoms with Crippen molar-refractivity contribution in [2.75, 3.05) is 26.3 Å². The molecule has 29 heavy (non-hydrogen) atoms. The van der Waals surface area contributed by atoms with Crippen molar-refractivity contribution in [2.24, 2.45) is 0 Å². The van der Waals surface area contributed by atoms with E-state index >= 15 is 0 Å². The van der Waals surface area contributed by atoms with Crippen LogP contribution < -0.4 is 0 Å². The Kier molecular flexibility index (Phi) is 6.63. The number of likely N-dealkylation sites (tertiary alicyclic amines) is 1. The molecule has 1 amide bonds. The van der Waals surface area contributed by atoms with Crippen molar-refractivity contribution in [1.82, 2.24) is 14.8 Å². The van der Waals surface area contributed by atoms with E-state index < -0.39 is 0 Å². The van der Waals surface area contributed by atoms with Gasteiger partial charge in [-0.05, 0) is 44.7 Å². The molecular formula is C23H31N3O2S. The highest BCUT2D eigenvalue weighted by Gasteiger charge is 2.29. The maximum atomic E-state index is 12.9. The number of amides is 1. The molecule has 2 saturated heterocycles. The van der Waals surface area contributed by atoms with Crippen molar-refractivity contribution < 1.29 is 9.53 Å². The fourth-order valence-corrected chi connectivity index (χ4v) is 5.32. The van der Waals surface area contributed by atoms with E-state index in [-0.39, 0.29) is 5.91 Å². The van der Waals surface area contributed by atoms with Gasteiger partial charge >= 0.3 is 0 Å². The standard InChI is InChI=1S/C23H31N3O2S/c1-17-5-3-6-18(2)26(17)22(27)14-21-16-29-23(24-21)20-8-4-7-19(13-20)15-25-9-11-28-12-10-25/h4,7-8,13,16-18H,3,5-6,9-12,14-15H2,1-2H3. The van der Waals surface area contributed by atoms with Crippen molar-refractivity contribution in [1.29, 1.82) is 0 Å². The Hall–Kier alpha value is -1.76. The van der Waals surface area contributed by atoms with E-state index in [1.807, 2.05) is 5.38 Å². The summed E-state index contributed by atoms with van der Waals surface area (Å²) in [5.41, 5.74) is 3.32. The van der Waals surface area contributed by atoms with Crippen LogP contribution in [0.25, 0.3) is 10.6 Å². The van der Waals surface area contributed by atoms with Crippen LogP contribution in [0.2, 0.25) is 0 Å². The van der Waals surface area contributed by atoms with Gasteiger partial charge in [-0.3, -0.25) is 9.69 Å². The van der Waals surface area contributed by atoms with Crippen LogP contribution in [0.4, 0.5) is 0 Å². The van der Waals surface area contributed by atoms with Crippen LogP contribution in [0, 0.1) is 0 Å². The SMILES string of the molecule is CC1CCCC(C)N1C(=O)Cc1csc(-c2cccc(CN3CCOCC3)c2)n1. The average Bonchev–Trinajstić information content (AvgIpc) is 3.17. The zero-order valence-corrected chi connectivity index (χ0v) is 18.3. The summed E-state index contributed by atoms with van der Waals surface area (Å²) in [4.78, 5) is 22.2. The van der Waals surface area contributed by atoms with Crippen molar-refractivity contribution in [3.05, 3.63) is 40.9 Å². The predicted molar refractivity (Wildman–Crippen MR) is 117 cm³/mol. The van der Waals surface area contributed by atoms with Gasteiger partial charge in [0.1, 0.15) is 5.01 Å². The van der Waals surface area contributed by atoms with Gasteiger partial charge in [-0.25, -0.2) is 4.98 Å². The van der Waals surface area contributed by atoms with Gasteiger partial charge in [0.15, 0.2) is 0 Å². The molecule has 0 radical (unpaired) electrons. The highest BCUT2D eigenvalue weighted by Crippen LogP contribution is 2.27. The lowest BCUT2D eigenvalue weighted by Crippen LogP contribution is -2.48. The molecule has 1 aromatic carbocycles. The summed E-state index contributed by atoms with van der Waals surface area (Å²) < 4.78 is 5.44. The topological polar surface area (TPSA) is 45.7 Å².